The number of carbonyl (C=O) groups excluding carboxylic acids is 2. The van der Waals surface area contributed by atoms with E-state index in [4.69, 9.17) is 11.6 Å². The highest BCUT2D eigenvalue weighted by atomic mass is 35.5. The van der Waals surface area contributed by atoms with Crippen molar-refractivity contribution in [3.8, 4) is 0 Å². The van der Waals surface area contributed by atoms with Gasteiger partial charge in [-0.2, -0.15) is 0 Å². The van der Waals surface area contributed by atoms with Crippen LogP contribution >= 0.6 is 11.6 Å². The van der Waals surface area contributed by atoms with E-state index in [9.17, 15) is 19.7 Å². The van der Waals surface area contributed by atoms with Crippen LogP contribution in [-0.4, -0.2) is 33.7 Å². The fourth-order valence-corrected chi connectivity index (χ4v) is 4.04. The summed E-state index contributed by atoms with van der Waals surface area (Å²) >= 11 is 6.40. The van der Waals surface area contributed by atoms with Gasteiger partial charge in [-0.15, -0.1) is 0 Å². The Balaban J connectivity index is 2.02. The number of amides is 2. The average molecular weight is 494 g/mol. The van der Waals surface area contributed by atoms with Crippen LogP contribution in [0.5, 0.6) is 0 Å². The van der Waals surface area contributed by atoms with Gasteiger partial charge in [-0.05, 0) is 31.0 Å². The summed E-state index contributed by atoms with van der Waals surface area (Å²) in [7, 11) is 0. The number of nitro benzene ring substituents is 1. The van der Waals surface area contributed by atoms with Crippen LogP contribution in [0.3, 0.4) is 0 Å². The molecule has 35 heavy (non-hydrogen) atoms. The van der Waals surface area contributed by atoms with Crippen LogP contribution in [0.4, 0.5) is 5.69 Å². The van der Waals surface area contributed by atoms with E-state index in [0.717, 1.165) is 5.56 Å². The summed E-state index contributed by atoms with van der Waals surface area (Å²) < 4.78 is 0. The molecule has 0 heterocycles. The zero-order chi connectivity index (χ0) is 25.4. The minimum absolute atomic E-state index is 0.0855. The highest BCUT2D eigenvalue weighted by Gasteiger charge is 2.32. The van der Waals surface area contributed by atoms with Gasteiger partial charge in [0.1, 0.15) is 6.04 Å². The highest BCUT2D eigenvalue weighted by molar-refractivity contribution is 6.31. The SMILES string of the molecule is CC(C)NC(=O)C(Cc1ccccc1)N(Cc1ccccc1Cl)C(=O)Cc1ccccc1[N+](=O)[O-]. The second kappa shape index (κ2) is 12.1. The minimum Gasteiger partial charge on any atom is -0.352 e. The Morgan fingerprint density at radius 3 is 2.17 bits per heavy atom. The molecular formula is C27H28ClN3O4. The predicted molar refractivity (Wildman–Crippen MR) is 136 cm³/mol. The first-order valence-electron chi connectivity index (χ1n) is 11.4. The lowest BCUT2D eigenvalue weighted by atomic mass is 10.0. The quantitative estimate of drug-likeness (QED) is 0.319. The molecule has 3 aromatic rings. The lowest BCUT2D eigenvalue weighted by Crippen LogP contribution is -2.52. The molecule has 8 heteroatoms. The zero-order valence-corrected chi connectivity index (χ0v) is 20.4. The maximum atomic E-state index is 13.7. The number of hydrogen-bond donors (Lipinski definition) is 1. The van der Waals surface area contributed by atoms with Gasteiger partial charge in [-0.1, -0.05) is 78.3 Å². The molecule has 0 spiro atoms. The maximum absolute atomic E-state index is 13.7. The van der Waals surface area contributed by atoms with E-state index in [2.05, 4.69) is 5.32 Å². The third-order valence-corrected chi connectivity index (χ3v) is 5.90. The first-order valence-corrected chi connectivity index (χ1v) is 11.7. The van der Waals surface area contributed by atoms with Crippen LogP contribution in [0.2, 0.25) is 5.02 Å². The van der Waals surface area contributed by atoms with Crippen LogP contribution in [-0.2, 0) is 29.0 Å². The van der Waals surface area contributed by atoms with Gasteiger partial charge in [-0.25, -0.2) is 0 Å². The van der Waals surface area contributed by atoms with Crippen molar-refractivity contribution < 1.29 is 14.5 Å². The van der Waals surface area contributed by atoms with Crippen molar-refractivity contribution in [1.82, 2.24) is 10.2 Å². The van der Waals surface area contributed by atoms with E-state index >= 15 is 0 Å². The number of halogens is 1. The molecule has 0 aromatic heterocycles. The van der Waals surface area contributed by atoms with Crippen molar-refractivity contribution in [2.24, 2.45) is 0 Å². The van der Waals surface area contributed by atoms with Gasteiger partial charge in [0.25, 0.3) is 5.69 Å². The van der Waals surface area contributed by atoms with Crippen LogP contribution in [0.1, 0.15) is 30.5 Å². The molecule has 0 aliphatic heterocycles. The van der Waals surface area contributed by atoms with Crippen molar-refractivity contribution in [1.29, 1.82) is 0 Å². The monoisotopic (exact) mass is 493 g/mol. The van der Waals surface area contributed by atoms with E-state index in [0.29, 0.717) is 10.6 Å². The Hall–Kier alpha value is -3.71. The van der Waals surface area contributed by atoms with Crippen molar-refractivity contribution in [2.45, 2.75) is 45.3 Å². The number of nitro groups is 1. The van der Waals surface area contributed by atoms with Crippen molar-refractivity contribution in [2.75, 3.05) is 0 Å². The Labute approximate surface area is 209 Å². The molecular weight excluding hydrogens is 466 g/mol. The van der Waals surface area contributed by atoms with E-state index in [1.165, 1.54) is 11.0 Å². The van der Waals surface area contributed by atoms with Crippen molar-refractivity contribution in [3.63, 3.8) is 0 Å². The summed E-state index contributed by atoms with van der Waals surface area (Å²) in [6.07, 6.45) is 0.0638. The van der Waals surface area contributed by atoms with Gasteiger partial charge in [0.15, 0.2) is 0 Å². The van der Waals surface area contributed by atoms with E-state index < -0.39 is 16.9 Å². The van der Waals surface area contributed by atoms with Crippen LogP contribution < -0.4 is 5.32 Å². The molecule has 0 saturated heterocycles. The molecule has 1 unspecified atom stereocenters. The number of hydrogen-bond acceptors (Lipinski definition) is 4. The molecule has 0 aliphatic rings. The number of nitrogens with one attached hydrogen (secondary N) is 1. The summed E-state index contributed by atoms with van der Waals surface area (Å²) in [5, 5.41) is 14.9. The summed E-state index contributed by atoms with van der Waals surface area (Å²) in [5.74, 6) is -0.703. The Morgan fingerprint density at radius 2 is 1.54 bits per heavy atom. The number of carbonyl (C=O) groups is 2. The Morgan fingerprint density at radius 1 is 0.943 bits per heavy atom. The first kappa shape index (κ1) is 25.9. The third kappa shape index (κ3) is 7.13. The minimum atomic E-state index is -0.841. The lowest BCUT2D eigenvalue weighted by Gasteiger charge is -2.32. The largest absolute Gasteiger partial charge is 0.352 e. The predicted octanol–water partition coefficient (Wildman–Crippen LogP) is 4.96. The van der Waals surface area contributed by atoms with Gasteiger partial charge < -0.3 is 10.2 Å². The third-order valence-electron chi connectivity index (χ3n) is 5.53. The van der Waals surface area contributed by atoms with E-state index in [-0.39, 0.29) is 42.6 Å². The normalized spacial score (nSPS) is 11.7. The Kier molecular flexibility index (Phi) is 8.98. The fraction of sp³-hybridized carbons (Fsp3) is 0.259. The highest BCUT2D eigenvalue weighted by Crippen LogP contribution is 2.23. The molecule has 0 radical (unpaired) electrons. The van der Waals surface area contributed by atoms with Crippen molar-refractivity contribution in [3.05, 3.63) is 111 Å². The zero-order valence-electron chi connectivity index (χ0n) is 19.7. The average Bonchev–Trinajstić information content (AvgIpc) is 2.82. The van der Waals surface area contributed by atoms with Gasteiger partial charge in [0.2, 0.25) is 11.8 Å². The van der Waals surface area contributed by atoms with E-state index in [1.807, 2.05) is 50.2 Å². The summed E-state index contributed by atoms with van der Waals surface area (Å²) in [6.45, 7) is 3.79. The van der Waals surface area contributed by atoms with Gasteiger partial charge in [-0.3, -0.25) is 19.7 Å². The Bertz CT molecular complexity index is 1180. The molecule has 1 N–H and O–H groups in total. The molecule has 182 valence electrons. The van der Waals surface area contributed by atoms with Crippen LogP contribution in [0.25, 0.3) is 0 Å². The molecule has 2 amide bonds. The summed E-state index contributed by atoms with van der Waals surface area (Å²) in [6, 6.07) is 21.7. The van der Waals surface area contributed by atoms with Crippen molar-refractivity contribution >= 4 is 29.1 Å². The van der Waals surface area contributed by atoms with Crippen LogP contribution in [0.15, 0.2) is 78.9 Å². The molecule has 1 atom stereocenters. The topological polar surface area (TPSA) is 92.6 Å². The summed E-state index contributed by atoms with van der Waals surface area (Å²) in [5.41, 5.74) is 1.72. The van der Waals surface area contributed by atoms with Gasteiger partial charge in [0, 0.05) is 35.7 Å². The van der Waals surface area contributed by atoms with Gasteiger partial charge >= 0.3 is 0 Å². The second-order valence-corrected chi connectivity index (χ2v) is 8.95. The molecule has 3 aromatic carbocycles. The molecule has 0 bridgehead atoms. The second-order valence-electron chi connectivity index (χ2n) is 8.54. The standard InChI is InChI=1S/C27H28ClN3O4/c1-19(2)29-27(33)25(16-20-10-4-3-5-11-20)30(18-22-13-6-8-14-23(22)28)26(32)17-21-12-7-9-15-24(21)31(34)35/h3-15,19,25H,16-18H2,1-2H3,(H,29,33). The van der Waals surface area contributed by atoms with Crippen LogP contribution in [0, 0.1) is 10.1 Å². The van der Waals surface area contributed by atoms with E-state index in [1.54, 1.807) is 36.4 Å². The number of benzene rings is 3. The lowest BCUT2D eigenvalue weighted by molar-refractivity contribution is -0.385. The molecule has 0 aliphatic carbocycles. The molecule has 3 rings (SSSR count). The molecule has 0 fully saturated rings. The number of nitrogens with zero attached hydrogens (tertiary/aromatic N) is 2. The first-order chi connectivity index (χ1) is 16.8. The molecule has 7 nitrogen and oxygen atoms in total. The smallest absolute Gasteiger partial charge is 0.273 e. The fourth-order valence-electron chi connectivity index (χ4n) is 3.85. The summed E-state index contributed by atoms with van der Waals surface area (Å²) in [4.78, 5) is 39.5. The number of para-hydroxylation sites is 1. The maximum Gasteiger partial charge on any atom is 0.273 e. The van der Waals surface area contributed by atoms with Gasteiger partial charge in [0.05, 0.1) is 11.3 Å². The number of rotatable bonds is 10. The molecule has 0 saturated carbocycles.